The van der Waals surface area contributed by atoms with Crippen molar-refractivity contribution >= 4 is 40.0 Å². The molecule has 8 heteroatoms. The Morgan fingerprint density at radius 1 is 1.03 bits per heavy atom. The first-order chi connectivity index (χ1) is 13.9. The van der Waals surface area contributed by atoms with Crippen LogP contribution in [-0.4, -0.2) is 33.0 Å². The van der Waals surface area contributed by atoms with Crippen LogP contribution in [0, 0.1) is 6.92 Å². The molecule has 0 N–H and O–H groups in total. The third kappa shape index (κ3) is 3.58. The first-order valence-corrected chi connectivity index (χ1v) is 10.1. The van der Waals surface area contributed by atoms with Crippen LogP contribution in [-0.2, 0) is 11.3 Å². The molecular formula is C21H19Cl2N3O3. The summed E-state index contributed by atoms with van der Waals surface area (Å²) >= 11 is 12.3. The number of likely N-dealkylation sites (tertiary alicyclic amines) is 1. The van der Waals surface area contributed by atoms with Gasteiger partial charge >= 0.3 is 5.69 Å². The van der Waals surface area contributed by atoms with Crippen LogP contribution in [0.15, 0.2) is 46.0 Å². The van der Waals surface area contributed by atoms with E-state index >= 15 is 0 Å². The Labute approximate surface area is 176 Å². The van der Waals surface area contributed by atoms with Gasteiger partial charge in [-0.3, -0.25) is 14.2 Å². The van der Waals surface area contributed by atoms with Gasteiger partial charge in [0, 0.05) is 23.1 Å². The number of hydrogen-bond acceptors (Lipinski definition) is 3. The van der Waals surface area contributed by atoms with Gasteiger partial charge in [0.05, 0.1) is 16.6 Å². The van der Waals surface area contributed by atoms with E-state index in [0.717, 1.165) is 23.0 Å². The Kier molecular flexibility index (Phi) is 5.23. The van der Waals surface area contributed by atoms with Gasteiger partial charge in [-0.2, -0.15) is 0 Å². The maximum Gasteiger partial charge on any atom is 0.336 e. The zero-order valence-corrected chi connectivity index (χ0v) is 17.3. The smallest absolute Gasteiger partial charge is 0.336 e. The lowest BCUT2D eigenvalue weighted by Gasteiger charge is -2.18. The van der Waals surface area contributed by atoms with Crippen molar-refractivity contribution < 1.29 is 4.79 Å². The number of fused-ring (bicyclic) bond motifs is 1. The van der Waals surface area contributed by atoms with E-state index in [4.69, 9.17) is 23.2 Å². The molecule has 0 unspecified atom stereocenters. The number of hydrogen-bond donors (Lipinski definition) is 0. The fourth-order valence-electron chi connectivity index (χ4n) is 3.64. The number of benzene rings is 2. The molecule has 1 saturated heterocycles. The second-order valence-electron chi connectivity index (χ2n) is 7.19. The van der Waals surface area contributed by atoms with Crippen molar-refractivity contribution in [2.24, 2.45) is 0 Å². The number of aromatic nitrogens is 2. The van der Waals surface area contributed by atoms with E-state index in [-0.39, 0.29) is 12.5 Å². The molecular weight excluding hydrogens is 413 g/mol. The minimum atomic E-state index is -0.600. The summed E-state index contributed by atoms with van der Waals surface area (Å²) in [6, 6.07) is 9.70. The molecule has 0 spiro atoms. The Morgan fingerprint density at radius 2 is 1.76 bits per heavy atom. The third-order valence-corrected chi connectivity index (χ3v) is 5.91. The highest BCUT2D eigenvalue weighted by Crippen LogP contribution is 2.20. The first kappa shape index (κ1) is 19.7. The summed E-state index contributed by atoms with van der Waals surface area (Å²) in [6.07, 6.45) is 1.91. The zero-order valence-electron chi connectivity index (χ0n) is 15.8. The van der Waals surface area contributed by atoms with Crippen LogP contribution < -0.4 is 11.2 Å². The maximum atomic E-state index is 13.3. The Balaban J connectivity index is 1.96. The highest BCUT2D eigenvalue weighted by atomic mass is 35.5. The van der Waals surface area contributed by atoms with Crippen molar-refractivity contribution in [2.45, 2.75) is 26.3 Å². The molecule has 3 aromatic rings. The molecule has 6 nitrogen and oxygen atoms in total. The molecule has 2 heterocycles. The molecule has 0 bridgehead atoms. The van der Waals surface area contributed by atoms with E-state index in [1.165, 1.54) is 4.57 Å². The highest BCUT2D eigenvalue weighted by molar-refractivity contribution is 6.31. The standard InChI is InChI=1S/C21H19Cl2N3O3/c1-13-4-6-15(11-17(13)23)26-20(28)16-7-5-14(22)10-18(16)25(21(26)29)12-19(27)24-8-2-3-9-24/h4-7,10-11H,2-3,8-9,12H2,1H3. The van der Waals surface area contributed by atoms with E-state index in [1.807, 2.05) is 6.92 Å². The van der Waals surface area contributed by atoms with Gasteiger partial charge in [-0.25, -0.2) is 9.36 Å². The van der Waals surface area contributed by atoms with Crippen LogP contribution >= 0.6 is 23.2 Å². The summed E-state index contributed by atoms with van der Waals surface area (Å²) < 4.78 is 2.37. The van der Waals surface area contributed by atoms with Crippen molar-refractivity contribution in [2.75, 3.05) is 13.1 Å². The predicted molar refractivity (Wildman–Crippen MR) is 114 cm³/mol. The Morgan fingerprint density at radius 3 is 2.45 bits per heavy atom. The average molecular weight is 432 g/mol. The lowest BCUT2D eigenvalue weighted by atomic mass is 10.2. The van der Waals surface area contributed by atoms with Crippen LogP contribution in [0.25, 0.3) is 16.6 Å². The van der Waals surface area contributed by atoms with Crippen LogP contribution in [0.3, 0.4) is 0 Å². The van der Waals surface area contributed by atoms with Crippen molar-refractivity contribution in [1.82, 2.24) is 14.0 Å². The normalized spacial score (nSPS) is 14.0. The molecule has 4 rings (SSSR count). The van der Waals surface area contributed by atoms with E-state index in [1.54, 1.807) is 41.3 Å². The number of aryl methyl sites for hydroxylation is 1. The van der Waals surface area contributed by atoms with E-state index in [0.29, 0.717) is 39.7 Å². The lowest BCUT2D eigenvalue weighted by Crippen LogP contribution is -2.42. The summed E-state index contributed by atoms with van der Waals surface area (Å²) in [6.45, 7) is 3.04. The summed E-state index contributed by atoms with van der Waals surface area (Å²) in [4.78, 5) is 40.9. The zero-order chi connectivity index (χ0) is 20.7. The topological polar surface area (TPSA) is 64.3 Å². The quantitative estimate of drug-likeness (QED) is 0.638. The van der Waals surface area contributed by atoms with E-state index in [2.05, 4.69) is 0 Å². The highest BCUT2D eigenvalue weighted by Gasteiger charge is 2.22. The average Bonchev–Trinajstić information content (AvgIpc) is 3.22. The minimum absolute atomic E-state index is 0.155. The number of carbonyl (C=O) groups is 1. The summed E-state index contributed by atoms with van der Waals surface area (Å²) in [5.41, 5.74) is 0.452. The molecule has 1 aliphatic heterocycles. The van der Waals surface area contributed by atoms with Crippen molar-refractivity contribution in [1.29, 1.82) is 0 Å². The summed E-state index contributed by atoms with van der Waals surface area (Å²) in [5, 5.41) is 1.14. The molecule has 1 aromatic heterocycles. The van der Waals surface area contributed by atoms with Gasteiger partial charge < -0.3 is 4.90 Å². The van der Waals surface area contributed by atoms with Crippen molar-refractivity contribution in [3.8, 4) is 5.69 Å². The van der Waals surface area contributed by atoms with Gasteiger partial charge in [-0.15, -0.1) is 0 Å². The molecule has 0 radical (unpaired) electrons. The number of halogens is 2. The molecule has 0 atom stereocenters. The number of carbonyl (C=O) groups excluding carboxylic acids is 1. The monoisotopic (exact) mass is 431 g/mol. The third-order valence-electron chi connectivity index (χ3n) is 5.27. The summed E-state index contributed by atoms with van der Waals surface area (Å²) in [5.74, 6) is -0.155. The molecule has 150 valence electrons. The molecule has 29 heavy (non-hydrogen) atoms. The van der Waals surface area contributed by atoms with Crippen LogP contribution in [0.4, 0.5) is 0 Å². The lowest BCUT2D eigenvalue weighted by molar-refractivity contribution is -0.130. The predicted octanol–water partition coefficient (Wildman–Crippen LogP) is 3.39. The fraction of sp³-hybridized carbons (Fsp3) is 0.286. The first-order valence-electron chi connectivity index (χ1n) is 9.36. The molecule has 0 aliphatic carbocycles. The molecule has 2 aromatic carbocycles. The Bertz CT molecular complexity index is 1240. The van der Waals surface area contributed by atoms with Gasteiger partial charge in [0.15, 0.2) is 0 Å². The van der Waals surface area contributed by atoms with Crippen molar-refractivity contribution in [3.05, 3.63) is 72.8 Å². The van der Waals surface area contributed by atoms with Gasteiger partial charge in [0.2, 0.25) is 5.91 Å². The molecule has 0 saturated carbocycles. The molecule has 1 aliphatic rings. The van der Waals surface area contributed by atoms with Gasteiger partial charge in [0.25, 0.3) is 5.56 Å². The fourth-order valence-corrected chi connectivity index (χ4v) is 3.98. The second kappa shape index (κ2) is 7.69. The molecule has 1 fully saturated rings. The largest absolute Gasteiger partial charge is 0.341 e. The second-order valence-corrected chi connectivity index (χ2v) is 8.04. The van der Waals surface area contributed by atoms with Gasteiger partial charge in [0.1, 0.15) is 6.54 Å². The van der Waals surface area contributed by atoms with E-state index in [9.17, 15) is 14.4 Å². The van der Waals surface area contributed by atoms with Gasteiger partial charge in [-0.05, 0) is 55.7 Å². The number of amides is 1. The number of rotatable bonds is 3. The SMILES string of the molecule is Cc1ccc(-n2c(=O)c3ccc(Cl)cc3n(CC(=O)N3CCCC3)c2=O)cc1Cl. The van der Waals surface area contributed by atoms with E-state index < -0.39 is 11.2 Å². The maximum absolute atomic E-state index is 13.3. The minimum Gasteiger partial charge on any atom is -0.341 e. The number of nitrogens with zero attached hydrogens (tertiary/aromatic N) is 3. The Hall–Kier alpha value is -2.57. The van der Waals surface area contributed by atoms with Crippen LogP contribution in [0.5, 0.6) is 0 Å². The molecule has 1 amide bonds. The van der Waals surface area contributed by atoms with Gasteiger partial charge in [-0.1, -0.05) is 29.3 Å². The van der Waals surface area contributed by atoms with Crippen LogP contribution in [0.2, 0.25) is 10.0 Å². The van der Waals surface area contributed by atoms with Crippen molar-refractivity contribution in [3.63, 3.8) is 0 Å². The van der Waals surface area contributed by atoms with Crippen LogP contribution in [0.1, 0.15) is 18.4 Å². The summed E-state index contributed by atoms with van der Waals surface area (Å²) in [7, 11) is 0.